The van der Waals surface area contributed by atoms with Gasteiger partial charge in [-0.3, -0.25) is 4.79 Å². The number of nitrogens with one attached hydrogen (secondary N) is 1. The summed E-state index contributed by atoms with van der Waals surface area (Å²) in [7, 11) is 4.49. The summed E-state index contributed by atoms with van der Waals surface area (Å²) in [5.74, 6) is 1.06. The van der Waals surface area contributed by atoms with Crippen LogP contribution in [0.1, 0.15) is 10.4 Å². The summed E-state index contributed by atoms with van der Waals surface area (Å²) in [5.41, 5.74) is 1.70. The first-order valence-electron chi connectivity index (χ1n) is 9.21. The van der Waals surface area contributed by atoms with Gasteiger partial charge in [-0.1, -0.05) is 12.1 Å². The Bertz CT molecular complexity index is 1050. The van der Waals surface area contributed by atoms with Gasteiger partial charge >= 0.3 is 6.61 Å². The molecule has 162 valence electrons. The predicted octanol–water partition coefficient (Wildman–Crippen LogP) is 5.23. The maximum atomic E-state index is 12.9. The summed E-state index contributed by atoms with van der Waals surface area (Å²) in [6.07, 6.45) is 0. The third-order valence-electron chi connectivity index (χ3n) is 4.51. The highest BCUT2D eigenvalue weighted by molar-refractivity contribution is 6.06. The molecule has 0 spiro atoms. The number of carbonyl (C=O) groups is 1. The average molecular weight is 429 g/mol. The van der Waals surface area contributed by atoms with Gasteiger partial charge in [0.25, 0.3) is 5.91 Å². The molecule has 0 saturated heterocycles. The number of hydrogen-bond donors (Lipinski definition) is 1. The van der Waals surface area contributed by atoms with Crippen LogP contribution >= 0.6 is 0 Å². The molecule has 0 aliphatic rings. The first kappa shape index (κ1) is 21.9. The first-order chi connectivity index (χ1) is 14.9. The van der Waals surface area contributed by atoms with Crippen molar-refractivity contribution in [2.24, 2.45) is 0 Å². The lowest BCUT2D eigenvalue weighted by Crippen LogP contribution is -2.13. The van der Waals surface area contributed by atoms with Gasteiger partial charge in [-0.15, -0.1) is 0 Å². The molecule has 8 heteroatoms. The topological polar surface area (TPSA) is 66.0 Å². The number of ether oxygens (including phenoxy) is 4. The summed E-state index contributed by atoms with van der Waals surface area (Å²) in [6, 6.07) is 16.1. The minimum Gasteiger partial charge on any atom is -0.497 e. The van der Waals surface area contributed by atoms with Crippen LogP contribution in [0, 0.1) is 0 Å². The molecule has 0 atom stereocenters. The van der Waals surface area contributed by atoms with Crippen molar-refractivity contribution in [3.63, 3.8) is 0 Å². The molecule has 0 fully saturated rings. The van der Waals surface area contributed by atoms with Crippen molar-refractivity contribution in [2.75, 3.05) is 26.6 Å². The molecule has 1 amide bonds. The number of benzene rings is 3. The summed E-state index contributed by atoms with van der Waals surface area (Å²) < 4.78 is 45.9. The zero-order valence-electron chi connectivity index (χ0n) is 17.1. The van der Waals surface area contributed by atoms with Crippen molar-refractivity contribution in [3.8, 4) is 34.1 Å². The second-order valence-corrected chi connectivity index (χ2v) is 6.34. The second-order valence-electron chi connectivity index (χ2n) is 6.34. The molecular formula is C23H21F2NO5. The van der Waals surface area contributed by atoms with Crippen LogP contribution in [0.2, 0.25) is 0 Å². The monoisotopic (exact) mass is 429 g/mol. The molecule has 31 heavy (non-hydrogen) atoms. The van der Waals surface area contributed by atoms with Crippen LogP contribution < -0.4 is 24.3 Å². The van der Waals surface area contributed by atoms with E-state index >= 15 is 0 Å². The molecule has 3 rings (SSSR count). The van der Waals surface area contributed by atoms with Crippen molar-refractivity contribution in [2.45, 2.75) is 6.61 Å². The number of methoxy groups -OCH3 is 3. The molecule has 0 unspecified atom stereocenters. The Kier molecular flexibility index (Phi) is 6.92. The second kappa shape index (κ2) is 9.80. The Labute approximate surface area is 178 Å². The largest absolute Gasteiger partial charge is 0.497 e. The van der Waals surface area contributed by atoms with Gasteiger partial charge in [-0.05, 0) is 48.0 Å². The van der Waals surface area contributed by atoms with Gasteiger partial charge in [0.15, 0.2) is 0 Å². The Hall–Kier alpha value is -3.81. The predicted molar refractivity (Wildman–Crippen MR) is 113 cm³/mol. The van der Waals surface area contributed by atoms with Crippen molar-refractivity contribution in [1.29, 1.82) is 0 Å². The molecule has 3 aromatic rings. The summed E-state index contributed by atoms with van der Waals surface area (Å²) in [6.45, 7) is -2.99. The molecule has 0 aliphatic carbocycles. The van der Waals surface area contributed by atoms with E-state index in [1.54, 1.807) is 48.5 Å². The minimum absolute atomic E-state index is 0.0137. The quantitative estimate of drug-likeness (QED) is 0.531. The maximum absolute atomic E-state index is 12.9. The molecular weight excluding hydrogens is 408 g/mol. The molecule has 6 nitrogen and oxygen atoms in total. The van der Waals surface area contributed by atoms with Gasteiger partial charge in [-0.2, -0.15) is 8.78 Å². The van der Waals surface area contributed by atoms with Gasteiger partial charge in [0.05, 0.1) is 26.9 Å². The molecule has 1 N–H and O–H groups in total. The van der Waals surface area contributed by atoms with E-state index in [1.807, 2.05) is 0 Å². The van der Waals surface area contributed by atoms with Crippen molar-refractivity contribution < 1.29 is 32.5 Å². The number of carbonyl (C=O) groups excluding carboxylic acids is 1. The van der Waals surface area contributed by atoms with E-state index in [-0.39, 0.29) is 5.75 Å². The number of amides is 1. The Morgan fingerprint density at radius 1 is 0.806 bits per heavy atom. The van der Waals surface area contributed by atoms with Gasteiger partial charge in [0.2, 0.25) is 0 Å². The minimum atomic E-state index is -2.99. The number of alkyl halides is 2. The highest BCUT2D eigenvalue weighted by atomic mass is 19.3. The number of hydrogen-bond acceptors (Lipinski definition) is 5. The Balaban J connectivity index is 1.94. The highest BCUT2D eigenvalue weighted by Crippen LogP contribution is 2.35. The SMILES string of the molecule is COc1ccc(-c2cc(NC(=O)c3ccc(OC)cc3OC)ccc2OC(F)F)cc1. The lowest BCUT2D eigenvalue weighted by atomic mass is 10.0. The molecule has 3 aromatic carbocycles. The number of anilines is 1. The van der Waals surface area contributed by atoms with Gasteiger partial charge in [-0.25, -0.2) is 0 Å². The van der Waals surface area contributed by atoms with E-state index in [1.165, 1.54) is 33.5 Å². The third-order valence-corrected chi connectivity index (χ3v) is 4.51. The van der Waals surface area contributed by atoms with Crippen molar-refractivity contribution in [1.82, 2.24) is 0 Å². The standard InChI is InChI=1S/C23H21F2NO5/c1-28-16-7-4-14(5-8-16)19-12-15(6-11-20(19)31-23(24)25)26-22(27)18-10-9-17(29-2)13-21(18)30-3/h4-13,23H,1-3H3,(H,26,27). The van der Waals surface area contributed by atoms with Gasteiger partial charge < -0.3 is 24.3 Å². The van der Waals surface area contributed by atoms with E-state index in [0.717, 1.165) is 0 Å². The lowest BCUT2D eigenvalue weighted by molar-refractivity contribution is -0.0494. The van der Waals surface area contributed by atoms with Crippen LogP contribution in [0.25, 0.3) is 11.1 Å². The molecule has 0 aliphatic heterocycles. The fourth-order valence-electron chi connectivity index (χ4n) is 2.99. The van der Waals surface area contributed by atoms with E-state index in [0.29, 0.717) is 39.6 Å². The maximum Gasteiger partial charge on any atom is 0.387 e. The Morgan fingerprint density at radius 3 is 2.10 bits per heavy atom. The first-order valence-corrected chi connectivity index (χ1v) is 9.21. The highest BCUT2D eigenvalue weighted by Gasteiger charge is 2.16. The third kappa shape index (κ3) is 5.22. The van der Waals surface area contributed by atoms with E-state index in [9.17, 15) is 13.6 Å². The molecule has 0 saturated carbocycles. The molecule has 0 heterocycles. The van der Waals surface area contributed by atoms with Crippen LogP contribution in [0.15, 0.2) is 60.7 Å². The zero-order valence-corrected chi connectivity index (χ0v) is 17.1. The van der Waals surface area contributed by atoms with Gasteiger partial charge in [0.1, 0.15) is 23.0 Å². The number of rotatable bonds is 8. The smallest absolute Gasteiger partial charge is 0.387 e. The summed E-state index contributed by atoms with van der Waals surface area (Å²) >= 11 is 0. The summed E-state index contributed by atoms with van der Waals surface area (Å²) in [5, 5.41) is 2.76. The van der Waals surface area contributed by atoms with E-state index in [4.69, 9.17) is 14.2 Å². The normalized spacial score (nSPS) is 10.5. The summed E-state index contributed by atoms with van der Waals surface area (Å²) in [4.78, 5) is 12.8. The molecule has 0 bridgehead atoms. The zero-order chi connectivity index (χ0) is 22.4. The van der Waals surface area contributed by atoms with Gasteiger partial charge in [0, 0.05) is 17.3 Å². The van der Waals surface area contributed by atoms with Crippen molar-refractivity contribution in [3.05, 3.63) is 66.2 Å². The Morgan fingerprint density at radius 2 is 1.48 bits per heavy atom. The average Bonchev–Trinajstić information content (AvgIpc) is 2.79. The van der Waals surface area contributed by atoms with Crippen LogP contribution in [-0.4, -0.2) is 33.8 Å². The van der Waals surface area contributed by atoms with Crippen LogP contribution in [0.4, 0.5) is 14.5 Å². The number of halogens is 2. The van der Waals surface area contributed by atoms with Crippen molar-refractivity contribution >= 4 is 11.6 Å². The molecule has 0 aromatic heterocycles. The van der Waals surface area contributed by atoms with Crippen LogP contribution in [0.3, 0.4) is 0 Å². The lowest BCUT2D eigenvalue weighted by Gasteiger charge is -2.15. The molecule has 0 radical (unpaired) electrons. The van der Waals surface area contributed by atoms with E-state index in [2.05, 4.69) is 10.1 Å². The van der Waals surface area contributed by atoms with E-state index < -0.39 is 12.5 Å². The fourth-order valence-corrected chi connectivity index (χ4v) is 2.99. The van der Waals surface area contributed by atoms with Crippen LogP contribution in [0.5, 0.6) is 23.0 Å². The van der Waals surface area contributed by atoms with Crippen LogP contribution in [-0.2, 0) is 0 Å². The fraction of sp³-hybridized carbons (Fsp3) is 0.174.